The van der Waals surface area contributed by atoms with Gasteiger partial charge in [-0.15, -0.1) is 23.8 Å². The van der Waals surface area contributed by atoms with Crippen molar-refractivity contribution in [2.45, 2.75) is 0 Å². The summed E-state index contributed by atoms with van der Waals surface area (Å²) >= 11 is 0. The number of pyridine rings is 1. The maximum absolute atomic E-state index is 13.0. The van der Waals surface area contributed by atoms with Gasteiger partial charge in [-0.05, 0) is 28.5 Å². The molecule has 2 aliphatic carbocycles. The Morgan fingerprint density at radius 3 is 2.52 bits per heavy atom. The minimum atomic E-state index is 0. The van der Waals surface area contributed by atoms with Crippen molar-refractivity contribution in [1.82, 2.24) is 4.98 Å². The van der Waals surface area contributed by atoms with Crippen molar-refractivity contribution in [3.8, 4) is 22.4 Å². The van der Waals surface area contributed by atoms with E-state index in [4.69, 9.17) is 4.98 Å². The average molecular weight is 523 g/mol. The fourth-order valence-corrected chi connectivity index (χ4v) is 4.14. The van der Waals surface area contributed by atoms with E-state index in [-0.39, 0.29) is 25.9 Å². The molecule has 0 atom stereocenters. The molecule has 0 N–H and O–H groups in total. The van der Waals surface area contributed by atoms with Gasteiger partial charge >= 0.3 is 0 Å². The molecule has 1 aromatic heterocycles. The Hall–Kier alpha value is -2.87. The van der Waals surface area contributed by atoms with E-state index in [1.807, 2.05) is 48.5 Å². The quantitative estimate of drug-likeness (QED) is 0.271. The van der Waals surface area contributed by atoms with Crippen LogP contribution in [0, 0.1) is 6.07 Å². The molecule has 1 radical (unpaired) electrons. The summed E-state index contributed by atoms with van der Waals surface area (Å²) in [4.78, 5) is 17.9. The van der Waals surface area contributed by atoms with E-state index in [2.05, 4.69) is 30.4 Å². The smallest absolute Gasteiger partial charge is 0.153 e. The van der Waals surface area contributed by atoms with Gasteiger partial charge in [-0.1, -0.05) is 65.7 Å². The zero-order chi connectivity index (χ0) is 17.3. The van der Waals surface area contributed by atoms with Crippen LogP contribution in [-0.4, -0.2) is 10.8 Å². The van der Waals surface area contributed by atoms with Gasteiger partial charge in [-0.2, -0.15) is 0 Å². The van der Waals surface area contributed by atoms with Crippen molar-refractivity contribution in [2.24, 2.45) is 0 Å². The number of carbonyl (C=O) groups is 1. The predicted octanol–water partition coefficient (Wildman–Crippen LogP) is 5.39. The number of benzene rings is 3. The molecule has 1 heterocycles. The van der Waals surface area contributed by atoms with E-state index in [1.54, 1.807) is 0 Å². The molecule has 2 aliphatic rings. The SMILES string of the molecule is O=C1c2ccccc2-c2cc[c-]c(-c3cc4c5c(cccc5n3)C=C4)c21.[Ir]. The zero-order valence-electron chi connectivity index (χ0n) is 14.1. The Morgan fingerprint density at radius 2 is 1.63 bits per heavy atom. The van der Waals surface area contributed by atoms with Gasteiger partial charge in [-0.3, -0.25) is 9.78 Å². The average Bonchev–Trinajstić information content (AvgIpc) is 3.23. The molecule has 0 spiro atoms. The van der Waals surface area contributed by atoms with Gasteiger partial charge < -0.3 is 0 Å². The van der Waals surface area contributed by atoms with E-state index >= 15 is 0 Å². The number of nitrogens with zero attached hydrogens (tertiary/aromatic N) is 1. The van der Waals surface area contributed by atoms with Crippen LogP contribution in [0.3, 0.4) is 0 Å². The number of fused-ring (bicyclic) bond motifs is 3. The minimum Gasteiger partial charge on any atom is -0.300 e. The maximum Gasteiger partial charge on any atom is 0.153 e. The normalized spacial score (nSPS) is 12.8. The molecule has 0 bridgehead atoms. The molecule has 0 amide bonds. The van der Waals surface area contributed by atoms with Crippen LogP contribution in [0.2, 0.25) is 0 Å². The minimum absolute atomic E-state index is 0. The number of ketones is 1. The summed E-state index contributed by atoms with van der Waals surface area (Å²) in [6, 6.07) is 23.1. The maximum atomic E-state index is 13.0. The molecule has 0 saturated carbocycles. The van der Waals surface area contributed by atoms with Crippen LogP contribution in [-0.2, 0) is 20.1 Å². The Bertz CT molecular complexity index is 1300. The van der Waals surface area contributed by atoms with Crippen molar-refractivity contribution in [1.29, 1.82) is 0 Å². The van der Waals surface area contributed by atoms with Crippen LogP contribution < -0.4 is 0 Å². The van der Waals surface area contributed by atoms with Gasteiger partial charge in [0.15, 0.2) is 5.78 Å². The number of rotatable bonds is 1. The van der Waals surface area contributed by atoms with E-state index in [1.165, 1.54) is 10.9 Å². The van der Waals surface area contributed by atoms with Crippen molar-refractivity contribution in [3.63, 3.8) is 0 Å². The molecule has 0 unspecified atom stereocenters. The molecule has 4 aromatic rings. The molecule has 0 aliphatic heterocycles. The summed E-state index contributed by atoms with van der Waals surface area (Å²) in [6.45, 7) is 0. The first-order valence-electron chi connectivity index (χ1n) is 8.62. The van der Waals surface area contributed by atoms with Crippen LogP contribution in [0.15, 0.2) is 60.7 Å². The standard InChI is InChI=1S/C24H12NO.Ir/c26-24-18-7-2-1-6-16(18)17-8-4-9-19(23(17)24)21-13-15-12-11-14-5-3-10-20(25-21)22(14)15;/h1-8,10-13H;/q-1;. The van der Waals surface area contributed by atoms with Gasteiger partial charge in [0.25, 0.3) is 0 Å². The Labute approximate surface area is 169 Å². The molecule has 0 fully saturated rings. The van der Waals surface area contributed by atoms with Crippen molar-refractivity contribution >= 4 is 28.8 Å². The van der Waals surface area contributed by atoms with Gasteiger partial charge in [0.05, 0.1) is 5.52 Å². The molecule has 6 rings (SSSR count). The molecule has 0 saturated heterocycles. The van der Waals surface area contributed by atoms with Crippen molar-refractivity contribution in [2.75, 3.05) is 0 Å². The van der Waals surface area contributed by atoms with Gasteiger partial charge in [-0.25, -0.2) is 0 Å². The van der Waals surface area contributed by atoms with Gasteiger partial charge in [0.1, 0.15) is 0 Å². The van der Waals surface area contributed by atoms with Crippen molar-refractivity contribution in [3.05, 3.63) is 89.0 Å². The topological polar surface area (TPSA) is 30.0 Å². The first-order valence-corrected chi connectivity index (χ1v) is 8.62. The number of carbonyl (C=O) groups excluding carboxylic acids is 1. The Morgan fingerprint density at radius 1 is 0.815 bits per heavy atom. The predicted molar refractivity (Wildman–Crippen MR) is 104 cm³/mol. The summed E-state index contributed by atoms with van der Waals surface area (Å²) in [5.74, 6) is 0.0602. The fourth-order valence-electron chi connectivity index (χ4n) is 4.14. The van der Waals surface area contributed by atoms with Gasteiger partial charge in [0, 0.05) is 31.1 Å². The van der Waals surface area contributed by atoms with Crippen molar-refractivity contribution < 1.29 is 24.9 Å². The molecule has 3 aromatic carbocycles. The molecular weight excluding hydrogens is 510 g/mol. The molecular formula is C24H12IrNO-. The molecule has 27 heavy (non-hydrogen) atoms. The summed E-state index contributed by atoms with van der Waals surface area (Å²) in [6.07, 6.45) is 4.23. The zero-order valence-corrected chi connectivity index (χ0v) is 16.5. The van der Waals surface area contributed by atoms with Crippen LogP contribution in [0.1, 0.15) is 27.0 Å². The third kappa shape index (κ3) is 2.16. The first-order chi connectivity index (χ1) is 12.8. The van der Waals surface area contributed by atoms with Crippen LogP contribution in [0.25, 0.3) is 45.4 Å². The summed E-state index contributed by atoms with van der Waals surface area (Å²) in [7, 11) is 0. The number of hydrogen-bond donors (Lipinski definition) is 0. The third-order valence-corrected chi connectivity index (χ3v) is 5.28. The Kier molecular flexibility index (Phi) is 3.51. The van der Waals surface area contributed by atoms with E-state index < -0.39 is 0 Å². The van der Waals surface area contributed by atoms with E-state index in [9.17, 15) is 4.79 Å². The van der Waals surface area contributed by atoms with Gasteiger partial charge in [0.2, 0.25) is 0 Å². The van der Waals surface area contributed by atoms with Crippen LogP contribution in [0.5, 0.6) is 0 Å². The third-order valence-electron chi connectivity index (χ3n) is 5.28. The molecule has 3 heteroatoms. The number of aromatic nitrogens is 1. The van der Waals surface area contributed by atoms with Crippen LogP contribution in [0.4, 0.5) is 0 Å². The monoisotopic (exact) mass is 523 g/mol. The van der Waals surface area contributed by atoms with E-state index in [0.29, 0.717) is 5.56 Å². The largest absolute Gasteiger partial charge is 0.300 e. The number of hydrogen-bond acceptors (Lipinski definition) is 2. The summed E-state index contributed by atoms with van der Waals surface area (Å²) in [5.41, 5.74) is 8.33. The molecule has 129 valence electrons. The summed E-state index contributed by atoms with van der Waals surface area (Å²) in [5, 5.41) is 1.18. The second kappa shape index (κ2) is 5.82. The second-order valence-electron chi connectivity index (χ2n) is 6.69. The fraction of sp³-hybridized carbons (Fsp3) is 0. The van der Waals surface area contributed by atoms with E-state index in [0.717, 1.165) is 39.0 Å². The molecule has 2 nitrogen and oxygen atoms in total. The Balaban J connectivity index is 0.00000160. The van der Waals surface area contributed by atoms with Crippen LogP contribution >= 0.6 is 0 Å². The second-order valence-corrected chi connectivity index (χ2v) is 6.69. The summed E-state index contributed by atoms with van der Waals surface area (Å²) < 4.78 is 0. The first kappa shape index (κ1) is 16.3.